The van der Waals surface area contributed by atoms with Gasteiger partial charge in [-0.05, 0) is 18.1 Å². The zero-order valence-corrected chi connectivity index (χ0v) is 13.7. The van der Waals surface area contributed by atoms with Crippen LogP contribution in [-0.2, 0) is 17.8 Å². The van der Waals surface area contributed by atoms with E-state index in [1.54, 1.807) is 0 Å². The highest BCUT2D eigenvalue weighted by atomic mass is 35.5. The Morgan fingerprint density at radius 3 is 2.86 bits per heavy atom. The van der Waals surface area contributed by atoms with Crippen LogP contribution in [0.1, 0.15) is 19.7 Å². The van der Waals surface area contributed by atoms with E-state index in [0.29, 0.717) is 23.1 Å². The lowest BCUT2D eigenvalue weighted by molar-refractivity contribution is -0.116. The molecule has 0 amide bonds. The summed E-state index contributed by atoms with van der Waals surface area (Å²) in [5.41, 5.74) is 0. The Morgan fingerprint density at radius 1 is 1.38 bits per heavy atom. The molecule has 2 aromatic rings. The van der Waals surface area contributed by atoms with E-state index in [2.05, 4.69) is 23.9 Å². The summed E-state index contributed by atoms with van der Waals surface area (Å²) in [6.07, 6.45) is 1.82. The summed E-state index contributed by atoms with van der Waals surface area (Å²) in [6.45, 7) is 5.00. The maximum atomic E-state index is 12.1. The van der Waals surface area contributed by atoms with Crippen molar-refractivity contribution < 1.29 is 4.79 Å². The molecule has 1 aromatic carbocycles. The molecule has 0 spiro atoms. The first-order valence-electron chi connectivity index (χ1n) is 6.82. The third-order valence-corrected chi connectivity index (χ3v) is 4.39. The number of rotatable bonds is 7. The van der Waals surface area contributed by atoms with Gasteiger partial charge in [0.15, 0.2) is 5.78 Å². The second-order valence-electron chi connectivity index (χ2n) is 5.19. The molecular formula is C15H18ClN3OS. The number of hydrogen-bond donors (Lipinski definition) is 0. The van der Waals surface area contributed by atoms with E-state index in [4.69, 9.17) is 11.6 Å². The number of aromatic nitrogens is 3. The highest BCUT2D eigenvalue weighted by Crippen LogP contribution is 2.26. The van der Waals surface area contributed by atoms with Crippen molar-refractivity contribution in [2.75, 3.05) is 5.75 Å². The van der Waals surface area contributed by atoms with Crippen LogP contribution in [0.4, 0.5) is 0 Å². The van der Waals surface area contributed by atoms with E-state index in [-0.39, 0.29) is 5.78 Å². The molecule has 2 rings (SSSR count). The smallest absolute Gasteiger partial charge is 0.150 e. The van der Waals surface area contributed by atoms with Gasteiger partial charge in [-0.1, -0.05) is 37.6 Å². The summed E-state index contributed by atoms with van der Waals surface area (Å²) in [4.78, 5) is 17.2. The van der Waals surface area contributed by atoms with Gasteiger partial charge in [0, 0.05) is 11.4 Å². The Morgan fingerprint density at radius 2 is 2.14 bits per heavy atom. The average Bonchev–Trinajstić information content (AvgIpc) is 2.84. The molecule has 0 N–H and O–H groups in total. The number of nitrogens with zero attached hydrogens (tertiary/aromatic N) is 3. The molecule has 0 saturated heterocycles. The lowest BCUT2D eigenvalue weighted by Gasteiger charge is -2.08. The normalized spacial score (nSPS) is 11.0. The number of carbonyl (C=O) groups is 1. The van der Waals surface area contributed by atoms with Crippen molar-refractivity contribution in [3.8, 4) is 0 Å². The van der Waals surface area contributed by atoms with Gasteiger partial charge in [-0.15, -0.1) is 11.8 Å². The fourth-order valence-corrected chi connectivity index (χ4v) is 2.97. The molecule has 0 aliphatic rings. The molecule has 0 radical (unpaired) electrons. The Hall–Kier alpha value is -1.33. The highest BCUT2D eigenvalue weighted by molar-refractivity contribution is 8.00. The van der Waals surface area contributed by atoms with Gasteiger partial charge in [0.2, 0.25) is 0 Å². The molecule has 6 heteroatoms. The van der Waals surface area contributed by atoms with Gasteiger partial charge in [0.05, 0.1) is 17.2 Å². The van der Waals surface area contributed by atoms with Crippen LogP contribution in [0.5, 0.6) is 0 Å². The molecule has 0 bridgehead atoms. The lowest BCUT2D eigenvalue weighted by atomic mass is 10.2. The van der Waals surface area contributed by atoms with Gasteiger partial charge in [-0.2, -0.15) is 5.10 Å². The minimum atomic E-state index is 0.123. The Bertz CT molecular complexity index is 612. The number of hydrogen-bond acceptors (Lipinski definition) is 4. The lowest BCUT2D eigenvalue weighted by Crippen LogP contribution is -2.15. The van der Waals surface area contributed by atoms with Crippen molar-refractivity contribution in [3.63, 3.8) is 0 Å². The molecule has 1 heterocycles. The van der Waals surface area contributed by atoms with Gasteiger partial charge in [0.1, 0.15) is 12.2 Å². The zero-order chi connectivity index (χ0) is 15.2. The second-order valence-corrected chi connectivity index (χ2v) is 6.61. The fraction of sp³-hybridized carbons (Fsp3) is 0.400. The number of benzene rings is 1. The fourth-order valence-electron chi connectivity index (χ4n) is 1.87. The zero-order valence-electron chi connectivity index (χ0n) is 12.1. The molecule has 1 aromatic heterocycles. The van der Waals surface area contributed by atoms with Gasteiger partial charge >= 0.3 is 0 Å². The summed E-state index contributed by atoms with van der Waals surface area (Å²) >= 11 is 7.53. The monoisotopic (exact) mass is 323 g/mol. The van der Waals surface area contributed by atoms with E-state index >= 15 is 0 Å². The van der Waals surface area contributed by atoms with Gasteiger partial charge in [-0.3, -0.25) is 4.79 Å². The van der Waals surface area contributed by atoms with Crippen LogP contribution in [0.15, 0.2) is 35.5 Å². The van der Waals surface area contributed by atoms with Crippen molar-refractivity contribution in [1.82, 2.24) is 14.8 Å². The minimum Gasteiger partial charge on any atom is -0.298 e. The second kappa shape index (κ2) is 7.61. The Kier molecular flexibility index (Phi) is 5.82. The molecular weight excluding hydrogens is 306 g/mol. The van der Waals surface area contributed by atoms with Crippen LogP contribution in [0.25, 0.3) is 0 Å². The van der Waals surface area contributed by atoms with Crippen molar-refractivity contribution in [1.29, 1.82) is 0 Å². The summed E-state index contributed by atoms with van der Waals surface area (Å²) in [5.74, 6) is 1.71. The van der Waals surface area contributed by atoms with Crippen LogP contribution < -0.4 is 0 Å². The number of ketones is 1. The average molecular weight is 324 g/mol. The first kappa shape index (κ1) is 16.0. The molecule has 0 unspecified atom stereocenters. The maximum Gasteiger partial charge on any atom is 0.150 e. The number of carbonyl (C=O) groups excluding carboxylic acids is 1. The molecule has 0 fully saturated rings. The highest BCUT2D eigenvalue weighted by Gasteiger charge is 2.12. The number of halogens is 1. The van der Waals surface area contributed by atoms with Gasteiger partial charge < -0.3 is 0 Å². The van der Waals surface area contributed by atoms with E-state index in [1.165, 1.54) is 18.1 Å². The van der Waals surface area contributed by atoms with Crippen LogP contribution >= 0.6 is 23.4 Å². The van der Waals surface area contributed by atoms with E-state index in [1.807, 2.05) is 28.9 Å². The van der Waals surface area contributed by atoms with Crippen molar-refractivity contribution in [3.05, 3.63) is 41.4 Å². The van der Waals surface area contributed by atoms with Gasteiger partial charge in [-0.25, -0.2) is 9.67 Å². The molecule has 4 nitrogen and oxygen atoms in total. The largest absolute Gasteiger partial charge is 0.298 e. The predicted octanol–water partition coefficient (Wildman–Crippen LogP) is 3.49. The molecule has 0 aliphatic carbocycles. The molecule has 0 saturated carbocycles. The Balaban J connectivity index is 1.90. The van der Waals surface area contributed by atoms with E-state index in [0.717, 1.165) is 17.3 Å². The minimum absolute atomic E-state index is 0.123. The first-order chi connectivity index (χ1) is 10.1. The van der Waals surface area contributed by atoms with Crippen LogP contribution in [0, 0.1) is 5.92 Å². The van der Waals surface area contributed by atoms with E-state index in [9.17, 15) is 4.79 Å². The molecule has 0 atom stereocenters. The Labute approximate surface area is 133 Å². The predicted molar refractivity (Wildman–Crippen MR) is 85.7 cm³/mol. The molecule has 112 valence electrons. The van der Waals surface area contributed by atoms with Crippen LogP contribution in [-0.4, -0.2) is 26.3 Å². The summed E-state index contributed by atoms with van der Waals surface area (Å²) < 4.78 is 1.81. The van der Waals surface area contributed by atoms with Crippen molar-refractivity contribution in [2.24, 2.45) is 5.92 Å². The summed E-state index contributed by atoms with van der Waals surface area (Å²) in [7, 11) is 0. The summed E-state index contributed by atoms with van der Waals surface area (Å²) in [6, 6.07) is 7.54. The molecule has 21 heavy (non-hydrogen) atoms. The first-order valence-corrected chi connectivity index (χ1v) is 8.18. The van der Waals surface area contributed by atoms with Crippen LogP contribution in [0.2, 0.25) is 5.02 Å². The molecule has 0 aliphatic heterocycles. The number of Topliss-reactive ketones (excluding diaryl/α,β-unsaturated/α-hetero) is 1. The number of thioether (sulfide) groups is 1. The summed E-state index contributed by atoms with van der Waals surface area (Å²) in [5, 5.41) is 4.85. The standard InChI is InChI=1S/C15H18ClN3OS/c1-11(2)8-19-15(17-10-18-19)7-12(20)9-21-14-6-4-3-5-13(14)16/h3-6,10-11H,7-9H2,1-2H3. The van der Waals surface area contributed by atoms with Crippen LogP contribution in [0.3, 0.4) is 0 Å². The van der Waals surface area contributed by atoms with Crippen molar-refractivity contribution >= 4 is 29.1 Å². The van der Waals surface area contributed by atoms with Crippen molar-refractivity contribution in [2.45, 2.75) is 31.7 Å². The maximum absolute atomic E-state index is 12.1. The van der Waals surface area contributed by atoms with Gasteiger partial charge in [0.25, 0.3) is 0 Å². The van der Waals surface area contributed by atoms with E-state index < -0.39 is 0 Å². The third-order valence-electron chi connectivity index (χ3n) is 2.81. The third kappa shape index (κ3) is 4.86. The topological polar surface area (TPSA) is 47.8 Å². The SMILES string of the molecule is CC(C)Cn1ncnc1CC(=O)CSc1ccccc1Cl. The quantitative estimate of drug-likeness (QED) is 0.732.